The van der Waals surface area contributed by atoms with Crippen LogP contribution < -0.4 is 10.6 Å². The summed E-state index contributed by atoms with van der Waals surface area (Å²) in [6, 6.07) is 9.68. The average molecular weight is 338 g/mol. The summed E-state index contributed by atoms with van der Waals surface area (Å²) in [6.07, 6.45) is 2.83. The van der Waals surface area contributed by atoms with Gasteiger partial charge in [0.15, 0.2) is 5.69 Å². The van der Waals surface area contributed by atoms with Crippen LogP contribution in [-0.2, 0) is 0 Å². The summed E-state index contributed by atoms with van der Waals surface area (Å²) in [5.74, 6) is -0.208. The lowest BCUT2D eigenvalue weighted by atomic mass is 10.2. The molecule has 0 fully saturated rings. The van der Waals surface area contributed by atoms with E-state index >= 15 is 0 Å². The highest BCUT2D eigenvalue weighted by Crippen LogP contribution is 2.21. The smallest absolute Gasteiger partial charge is 0.273 e. The first-order chi connectivity index (χ1) is 12.2. The summed E-state index contributed by atoms with van der Waals surface area (Å²) in [7, 11) is 0. The quantitative estimate of drug-likeness (QED) is 0.642. The van der Waals surface area contributed by atoms with Gasteiger partial charge in [-0.05, 0) is 44.2 Å². The van der Waals surface area contributed by atoms with Crippen LogP contribution >= 0.6 is 0 Å². The summed E-state index contributed by atoms with van der Waals surface area (Å²) in [4.78, 5) is 16.7. The van der Waals surface area contributed by atoms with Gasteiger partial charge in [-0.3, -0.25) is 9.78 Å². The Hall–Kier alpha value is -2.80. The first kappa shape index (κ1) is 17.0. The van der Waals surface area contributed by atoms with E-state index in [-0.39, 0.29) is 5.91 Å². The molecule has 0 saturated carbocycles. The molecule has 2 heterocycles. The molecule has 0 atom stereocenters. The van der Waals surface area contributed by atoms with E-state index in [1.807, 2.05) is 37.3 Å². The van der Waals surface area contributed by atoms with E-state index in [0.717, 1.165) is 36.1 Å². The van der Waals surface area contributed by atoms with Crippen LogP contribution in [-0.4, -0.2) is 45.5 Å². The topological polar surface area (TPSA) is 84.7 Å². The largest absolute Gasteiger partial charge is 0.349 e. The lowest BCUT2D eigenvalue weighted by molar-refractivity contribution is 0.0948. The molecule has 130 valence electrons. The van der Waals surface area contributed by atoms with Gasteiger partial charge in [0.1, 0.15) is 0 Å². The molecule has 7 nitrogen and oxygen atoms in total. The molecule has 3 aromatic rings. The van der Waals surface area contributed by atoms with Gasteiger partial charge in [0.25, 0.3) is 5.91 Å². The second-order valence-electron chi connectivity index (χ2n) is 5.79. The highest BCUT2D eigenvalue weighted by Gasteiger charge is 2.18. The van der Waals surface area contributed by atoms with Gasteiger partial charge in [0.05, 0.1) is 16.9 Å². The molecule has 0 saturated heterocycles. The zero-order chi connectivity index (χ0) is 17.6. The van der Waals surface area contributed by atoms with Crippen molar-refractivity contribution >= 4 is 16.8 Å². The van der Waals surface area contributed by atoms with Crippen LogP contribution in [0.15, 0.2) is 36.5 Å². The number of carbonyl (C=O) groups is 1. The lowest BCUT2D eigenvalue weighted by Gasteiger charge is -2.08. The maximum absolute atomic E-state index is 12.3. The first-order valence-electron chi connectivity index (χ1n) is 8.47. The molecule has 25 heavy (non-hydrogen) atoms. The zero-order valence-electron chi connectivity index (χ0n) is 14.5. The Labute approximate surface area is 146 Å². The second kappa shape index (κ2) is 7.85. The Kier molecular flexibility index (Phi) is 5.35. The van der Waals surface area contributed by atoms with E-state index in [9.17, 15) is 4.79 Å². The number of hydrogen-bond donors (Lipinski definition) is 2. The molecule has 1 aromatic carbocycles. The van der Waals surface area contributed by atoms with Gasteiger partial charge < -0.3 is 10.6 Å². The van der Waals surface area contributed by atoms with Crippen molar-refractivity contribution in [2.75, 3.05) is 19.6 Å². The van der Waals surface area contributed by atoms with Crippen molar-refractivity contribution in [2.45, 2.75) is 20.3 Å². The number of benzene rings is 1. The van der Waals surface area contributed by atoms with E-state index in [1.54, 1.807) is 10.9 Å². The zero-order valence-corrected chi connectivity index (χ0v) is 14.5. The Morgan fingerprint density at radius 3 is 2.88 bits per heavy atom. The highest BCUT2D eigenvalue weighted by atomic mass is 16.2. The third-order valence-corrected chi connectivity index (χ3v) is 3.97. The standard InChI is InChI=1S/C18H22N6O/c1-3-9-19-11-12-21-18(25)17-13(2)24(23-22-17)16-8-4-7-15-14(16)6-5-10-20-15/h4-8,10,19H,3,9,11-12H2,1-2H3,(H,21,25). The van der Waals surface area contributed by atoms with Crippen LogP contribution in [0.1, 0.15) is 29.5 Å². The minimum absolute atomic E-state index is 0.208. The molecule has 0 aliphatic heterocycles. The third-order valence-electron chi connectivity index (χ3n) is 3.97. The van der Waals surface area contributed by atoms with Crippen LogP contribution in [0.25, 0.3) is 16.6 Å². The molecule has 3 rings (SSSR count). The Morgan fingerprint density at radius 1 is 1.16 bits per heavy atom. The highest BCUT2D eigenvalue weighted by molar-refractivity contribution is 5.93. The van der Waals surface area contributed by atoms with E-state index in [1.165, 1.54) is 0 Å². The van der Waals surface area contributed by atoms with E-state index in [4.69, 9.17) is 0 Å². The molecule has 2 aromatic heterocycles. The first-order valence-corrected chi connectivity index (χ1v) is 8.47. The molecule has 0 spiro atoms. The van der Waals surface area contributed by atoms with Crippen molar-refractivity contribution in [3.63, 3.8) is 0 Å². The van der Waals surface area contributed by atoms with Gasteiger partial charge in [-0.1, -0.05) is 18.2 Å². The van der Waals surface area contributed by atoms with Gasteiger partial charge in [-0.2, -0.15) is 0 Å². The summed E-state index contributed by atoms with van der Waals surface area (Å²) >= 11 is 0. The predicted molar refractivity (Wildman–Crippen MR) is 96.9 cm³/mol. The second-order valence-corrected chi connectivity index (χ2v) is 5.79. The predicted octanol–water partition coefficient (Wildman–Crippen LogP) is 1.85. The number of carbonyl (C=O) groups excluding carboxylic acids is 1. The van der Waals surface area contributed by atoms with Crippen molar-refractivity contribution in [1.82, 2.24) is 30.6 Å². The molecular weight excluding hydrogens is 316 g/mol. The number of aromatic nitrogens is 4. The molecule has 0 bridgehead atoms. The number of nitrogens with zero attached hydrogens (tertiary/aromatic N) is 4. The molecule has 7 heteroatoms. The number of pyridine rings is 1. The van der Waals surface area contributed by atoms with Crippen LogP contribution in [0.5, 0.6) is 0 Å². The Bertz CT molecular complexity index is 868. The van der Waals surface area contributed by atoms with E-state index in [2.05, 4.69) is 32.9 Å². The summed E-state index contributed by atoms with van der Waals surface area (Å²) in [5.41, 5.74) is 2.79. The van der Waals surface area contributed by atoms with Gasteiger partial charge in [0, 0.05) is 24.7 Å². The fourth-order valence-corrected chi connectivity index (χ4v) is 2.69. The molecular formula is C18H22N6O. The monoisotopic (exact) mass is 338 g/mol. The van der Waals surface area contributed by atoms with Crippen molar-refractivity contribution in [2.24, 2.45) is 0 Å². The van der Waals surface area contributed by atoms with Crippen molar-refractivity contribution in [1.29, 1.82) is 0 Å². The van der Waals surface area contributed by atoms with Crippen molar-refractivity contribution in [3.8, 4) is 5.69 Å². The number of rotatable bonds is 7. The minimum Gasteiger partial charge on any atom is -0.349 e. The number of fused-ring (bicyclic) bond motifs is 1. The van der Waals surface area contributed by atoms with Gasteiger partial charge >= 0.3 is 0 Å². The number of nitrogens with one attached hydrogen (secondary N) is 2. The van der Waals surface area contributed by atoms with Crippen LogP contribution in [0.2, 0.25) is 0 Å². The average Bonchev–Trinajstić information content (AvgIpc) is 3.02. The summed E-state index contributed by atoms with van der Waals surface area (Å²) < 4.78 is 1.69. The van der Waals surface area contributed by atoms with Crippen molar-refractivity contribution in [3.05, 3.63) is 47.9 Å². The maximum atomic E-state index is 12.3. The molecule has 2 N–H and O–H groups in total. The minimum atomic E-state index is -0.208. The van der Waals surface area contributed by atoms with Crippen molar-refractivity contribution < 1.29 is 4.79 Å². The van der Waals surface area contributed by atoms with E-state index in [0.29, 0.717) is 17.9 Å². The van der Waals surface area contributed by atoms with Crippen LogP contribution in [0, 0.1) is 6.92 Å². The molecule has 0 unspecified atom stereocenters. The third kappa shape index (κ3) is 3.66. The normalized spacial score (nSPS) is 11.0. The van der Waals surface area contributed by atoms with E-state index < -0.39 is 0 Å². The maximum Gasteiger partial charge on any atom is 0.273 e. The summed E-state index contributed by atoms with van der Waals surface area (Å²) in [5, 5.41) is 15.3. The Balaban J connectivity index is 1.80. The number of hydrogen-bond acceptors (Lipinski definition) is 5. The molecule has 1 amide bonds. The number of amides is 1. The van der Waals surface area contributed by atoms with Gasteiger partial charge in [-0.15, -0.1) is 5.10 Å². The molecule has 0 aliphatic carbocycles. The summed E-state index contributed by atoms with van der Waals surface area (Å²) in [6.45, 7) is 6.20. The fraction of sp³-hybridized carbons (Fsp3) is 0.333. The lowest BCUT2D eigenvalue weighted by Crippen LogP contribution is -2.32. The van der Waals surface area contributed by atoms with Gasteiger partial charge in [-0.25, -0.2) is 4.68 Å². The SMILES string of the molecule is CCCNCCNC(=O)c1nnn(-c2cccc3ncccc23)c1C. The fourth-order valence-electron chi connectivity index (χ4n) is 2.69. The van der Waals surface area contributed by atoms with Gasteiger partial charge in [0.2, 0.25) is 0 Å². The molecule has 0 aliphatic rings. The van der Waals surface area contributed by atoms with Crippen LogP contribution in [0.3, 0.4) is 0 Å². The molecule has 0 radical (unpaired) electrons. The Morgan fingerprint density at radius 2 is 2.04 bits per heavy atom. The van der Waals surface area contributed by atoms with Crippen LogP contribution in [0.4, 0.5) is 0 Å².